The Morgan fingerprint density at radius 2 is 1.88 bits per heavy atom. The molecule has 0 aliphatic carbocycles. The molecule has 1 heterocycles. The topological polar surface area (TPSA) is 40.9 Å². The van der Waals surface area contributed by atoms with Crippen molar-refractivity contribution in [1.82, 2.24) is 4.98 Å². The average molecular weight is 267 g/mol. The molecule has 2 rings (SSSR count). The van der Waals surface area contributed by atoms with Crippen molar-refractivity contribution in [2.75, 3.05) is 19.0 Å². The van der Waals surface area contributed by atoms with Crippen LogP contribution in [-0.2, 0) is 0 Å². The van der Waals surface area contributed by atoms with Gasteiger partial charge in [0.2, 0.25) is 5.13 Å². The van der Waals surface area contributed by atoms with Gasteiger partial charge >= 0.3 is 0 Å². The third-order valence-corrected chi connectivity index (χ3v) is 3.08. The normalized spacial score (nSPS) is 11.0. The quantitative estimate of drug-likeness (QED) is 0.778. The molecule has 1 aromatic heterocycles. The van der Waals surface area contributed by atoms with Crippen LogP contribution in [0.3, 0.4) is 0 Å². The lowest BCUT2D eigenvalue weighted by atomic mass is 10.3. The van der Waals surface area contributed by atoms with E-state index in [9.17, 15) is 0 Å². The van der Waals surface area contributed by atoms with E-state index >= 15 is 0 Å². The molecule has 0 radical (unpaired) electrons. The van der Waals surface area contributed by atoms with Crippen molar-refractivity contribution < 1.29 is 0 Å². The van der Waals surface area contributed by atoms with E-state index in [1.54, 1.807) is 6.20 Å². The molecule has 0 aliphatic heterocycles. The third-order valence-electron chi connectivity index (χ3n) is 2.08. The van der Waals surface area contributed by atoms with Gasteiger partial charge in [-0.2, -0.15) is 0 Å². The summed E-state index contributed by atoms with van der Waals surface area (Å²) >= 11 is 7.05. The lowest BCUT2D eigenvalue weighted by molar-refractivity contribution is 1.13. The van der Waals surface area contributed by atoms with Gasteiger partial charge in [-0.1, -0.05) is 22.9 Å². The van der Waals surface area contributed by atoms with Gasteiger partial charge < -0.3 is 4.90 Å². The summed E-state index contributed by atoms with van der Waals surface area (Å²) in [4.78, 5) is 6.02. The second-order valence-electron chi connectivity index (χ2n) is 3.56. The predicted octanol–water partition coefficient (Wildman–Crippen LogP) is 4.28. The van der Waals surface area contributed by atoms with Crippen molar-refractivity contribution in [3.05, 3.63) is 34.8 Å². The van der Waals surface area contributed by atoms with Crippen molar-refractivity contribution in [3.8, 4) is 0 Å². The number of hydrogen-bond donors (Lipinski definition) is 0. The zero-order chi connectivity index (χ0) is 12.3. The Balaban J connectivity index is 2.11. The predicted molar refractivity (Wildman–Crippen MR) is 72.1 cm³/mol. The monoisotopic (exact) mass is 266 g/mol. The summed E-state index contributed by atoms with van der Waals surface area (Å²) in [7, 11) is 3.99. The highest BCUT2D eigenvalue weighted by atomic mass is 35.5. The third kappa shape index (κ3) is 3.25. The summed E-state index contributed by atoms with van der Waals surface area (Å²) in [5, 5.41) is 8.65. The summed E-state index contributed by atoms with van der Waals surface area (Å²) in [6.07, 6.45) is 1.57. The van der Waals surface area contributed by atoms with Crippen LogP contribution < -0.4 is 4.90 Å². The van der Waals surface area contributed by atoms with E-state index in [2.05, 4.69) is 15.2 Å². The lowest BCUT2D eigenvalue weighted by Gasteiger charge is -2.11. The molecule has 0 saturated carbocycles. The SMILES string of the molecule is CN(C)c1ccc(/N=N/c2ncc(Cl)s2)cc1. The Bertz CT molecular complexity index is 519. The summed E-state index contributed by atoms with van der Waals surface area (Å²) in [6, 6.07) is 7.80. The standard InChI is InChI=1S/C11H11ClN4S/c1-16(2)9-5-3-8(4-6-9)14-15-11-13-7-10(12)17-11/h3-7H,1-2H3/b15-14+. The zero-order valence-corrected chi connectivity index (χ0v) is 11.0. The van der Waals surface area contributed by atoms with Crippen molar-refractivity contribution in [2.24, 2.45) is 10.2 Å². The molecule has 0 saturated heterocycles. The van der Waals surface area contributed by atoms with Gasteiger partial charge in [0.25, 0.3) is 0 Å². The first-order valence-electron chi connectivity index (χ1n) is 4.95. The molecule has 0 amide bonds. The summed E-state index contributed by atoms with van der Waals surface area (Å²) in [6.45, 7) is 0. The minimum Gasteiger partial charge on any atom is -0.378 e. The molecular weight excluding hydrogens is 256 g/mol. The number of halogens is 1. The van der Waals surface area contributed by atoms with Crippen LogP contribution in [0.25, 0.3) is 0 Å². The molecule has 0 N–H and O–H groups in total. The Morgan fingerprint density at radius 1 is 1.18 bits per heavy atom. The maximum Gasteiger partial charge on any atom is 0.231 e. The number of benzene rings is 1. The molecule has 2 aromatic rings. The fourth-order valence-electron chi connectivity index (χ4n) is 1.21. The molecule has 0 fully saturated rings. The van der Waals surface area contributed by atoms with Crippen molar-refractivity contribution >= 4 is 39.4 Å². The fourth-order valence-corrected chi connectivity index (χ4v) is 1.93. The van der Waals surface area contributed by atoms with Crippen LogP contribution in [0.5, 0.6) is 0 Å². The first kappa shape index (κ1) is 12.0. The Morgan fingerprint density at radius 3 is 2.41 bits per heavy atom. The van der Waals surface area contributed by atoms with Crippen LogP contribution in [0.2, 0.25) is 4.34 Å². The second-order valence-corrected chi connectivity index (χ2v) is 5.20. The van der Waals surface area contributed by atoms with E-state index in [1.165, 1.54) is 11.3 Å². The zero-order valence-electron chi connectivity index (χ0n) is 9.46. The van der Waals surface area contributed by atoms with Crippen LogP contribution in [0.4, 0.5) is 16.5 Å². The molecule has 6 heteroatoms. The fraction of sp³-hybridized carbons (Fsp3) is 0.182. The molecular formula is C11H11ClN4S. The first-order valence-corrected chi connectivity index (χ1v) is 6.15. The first-order chi connectivity index (χ1) is 8.15. The number of azo groups is 1. The number of thiazole rings is 1. The smallest absolute Gasteiger partial charge is 0.231 e. The van der Waals surface area contributed by atoms with E-state index < -0.39 is 0 Å². The molecule has 0 spiro atoms. The number of aromatic nitrogens is 1. The van der Waals surface area contributed by atoms with Gasteiger partial charge in [-0.05, 0) is 24.3 Å². The van der Waals surface area contributed by atoms with Crippen LogP contribution in [-0.4, -0.2) is 19.1 Å². The van der Waals surface area contributed by atoms with E-state index in [-0.39, 0.29) is 0 Å². The van der Waals surface area contributed by atoms with E-state index in [1.807, 2.05) is 43.3 Å². The number of nitrogens with zero attached hydrogens (tertiary/aromatic N) is 4. The summed E-state index contributed by atoms with van der Waals surface area (Å²) in [5.74, 6) is 0. The molecule has 88 valence electrons. The van der Waals surface area contributed by atoms with Gasteiger partial charge in [0.1, 0.15) is 4.34 Å². The van der Waals surface area contributed by atoms with Crippen molar-refractivity contribution in [1.29, 1.82) is 0 Å². The molecule has 4 nitrogen and oxygen atoms in total. The number of rotatable bonds is 3. The van der Waals surface area contributed by atoms with Gasteiger partial charge in [-0.25, -0.2) is 4.98 Å². The Hall–Kier alpha value is -1.46. The Kier molecular flexibility index (Phi) is 3.71. The van der Waals surface area contributed by atoms with Crippen molar-refractivity contribution in [3.63, 3.8) is 0 Å². The number of hydrogen-bond acceptors (Lipinski definition) is 5. The van der Waals surface area contributed by atoms with E-state index in [0.29, 0.717) is 9.47 Å². The highest BCUT2D eigenvalue weighted by molar-refractivity contribution is 7.19. The van der Waals surface area contributed by atoms with Crippen LogP contribution in [0, 0.1) is 0 Å². The van der Waals surface area contributed by atoms with Crippen LogP contribution in [0.15, 0.2) is 40.7 Å². The summed E-state index contributed by atoms with van der Waals surface area (Å²) in [5.41, 5.74) is 1.92. The number of anilines is 1. The largest absolute Gasteiger partial charge is 0.378 e. The maximum atomic E-state index is 5.75. The minimum atomic E-state index is 0.562. The average Bonchev–Trinajstić information content (AvgIpc) is 2.73. The van der Waals surface area contributed by atoms with Gasteiger partial charge in [0.05, 0.1) is 11.9 Å². The Labute approximate surface area is 109 Å². The van der Waals surface area contributed by atoms with E-state index in [0.717, 1.165) is 11.4 Å². The maximum absolute atomic E-state index is 5.75. The molecule has 0 atom stereocenters. The lowest BCUT2D eigenvalue weighted by Crippen LogP contribution is -2.07. The van der Waals surface area contributed by atoms with Crippen molar-refractivity contribution in [2.45, 2.75) is 0 Å². The van der Waals surface area contributed by atoms with Gasteiger partial charge in [0, 0.05) is 19.8 Å². The molecule has 17 heavy (non-hydrogen) atoms. The molecule has 0 bridgehead atoms. The molecule has 1 aromatic carbocycles. The van der Waals surface area contributed by atoms with Gasteiger partial charge in [-0.15, -0.1) is 10.2 Å². The molecule has 0 unspecified atom stereocenters. The highest BCUT2D eigenvalue weighted by Crippen LogP contribution is 2.27. The van der Waals surface area contributed by atoms with Crippen LogP contribution >= 0.6 is 22.9 Å². The minimum absolute atomic E-state index is 0.562. The van der Waals surface area contributed by atoms with E-state index in [4.69, 9.17) is 11.6 Å². The highest BCUT2D eigenvalue weighted by Gasteiger charge is 1.98. The van der Waals surface area contributed by atoms with Gasteiger partial charge in [0.15, 0.2) is 0 Å². The van der Waals surface area contributed by atoms with Gasteiger partial charge in [-0.3, -0.25) is 0 Å². The summed E-state index contributed by atoms with van der Waals surface area (Å²) < 4.78 is 0.613. The molecule has 0 aliphatic rings. The second kappa shape index (κ2) is 5.25. The van der Waals surface area contributed by atoms with Crippen LogP contribution in [0.1, 0.15) is 0 Å².